The Hall–Kier alpha value is -3.85. The summed E-state index contributed by atoms with van der Waals surface area (Å²) in [7, 11) is 3.90. The Labute approximate surface area is 197 Å². The fourth-order valence-corrected chi connectivity index (χ4v) is 4.98. The lowest BCUT2D eigenvalue weighted by Crippen LogP contribution is -2.35. The molecule has 1 aromatic carbocycles. The van der Waals surface area contributed by atoms with Crippen LogP contribution in [0.25, 0.3) is 11.0 Å². The molecule has 0 spiro atoms. The Morgan fingerprint density at radius 2 is 1.97 bits per heavy atom. The number of hydrogen-bond donors (Lipinski definition) is 2. The quantitative estimate of drug-likeness (QED) is 0.490. The van der Waals surface area contributed by atoms with Crippen molar-refractivity contribution in [1.29, 1.82) is 0 Å². The Morgan fingerprint density at radius 1 is 1.09 bits per heavy atom. The monoisotopic (exact) mass is 456 g/mol. The predicted octanol–water partition coefficient (Wildman–Crippen LogP) is 3.19. The smallest absolute Gasteiger partial charge is 0.275 e. The molecular formula is C25H28N8O. The van der Waals surface area contributed by atoms with E-state index >= 15 is 0 Å². The second-order valence-corrected chi connectivity index (χ2v) is 9.19. The maximum Gasteiger partial charge on any atom is 0.275 e. The number of pyridine rings is 1. The van der Waals surface area contributed by atoms with Crippen LogP contribution in [-0.2, 0) is 20.1 Å². The standard InChI is InChI=1S/C25H28N8O/c1-16-5-4-6-20-22(16)26-7-8-33(20)21-11-17-13-27-25(29-23(17)31(3)24(21)34)28-18-12-19-15-30(2)9-10-32(19)14-18/h4-6,11-14,26H,7-10,15H2,1-3H3,(H,27,28,29). The van der Waals surface area contributed by atoms with Crippen LogP contribution in [0, 0.1) is 6.92 Å². The van der Waals surface area contributed by atoms with Crippen molar-refractivity contribution in [3.8, 4) is 0 Å². The highest BCUT2D eigenvalue weighted by atomic mass is 16.1. The summed E-state index contributed by atoms with van der Waals surface area (Å²) in [5.74, 6) is 0.481. The molecule has 34 heavy (non-hydrogen) atoms. The van der Waals surface area contributed by atoms with Gasteiger partial charge in [-0.1, -0.05) is 12.1 Å². The third-order valence-electron chi connectivity index (χ3n) is 6.80. The number of para-hydroxylation sites is 1. The van der Waals surface area contributed by atoms with Gasteiger partial charge in [0.2, 0.25) is 5.95 Å². The summed E-state index contributed by atoms with van der Waals surface area (Å²) < 4.78 is 3.88. The van der Waals surface area contributed by atoms with Crippen LogP contribution in [0.5, 0.6) is 0 Å². The molecule has 0 bridgehead atoms. The van der Waals surface area contributed by atoms with Crippen molar-refractivity contribution in [2.24, 2.45) is 7.05 Å². The van der Waals surface area contributed by atoms with Gasteiger partial charge in [0.05, 0.1) is 17.1 Å². The van der Waals surface area contributed by atoms with Crippen LogP contribution in [0.15, 0.2) is 47.5 Å². The molecule has 0 unspecified atom stereocenters. The van der Waals surface area contributed by atoms with E-state index in [2.05, 4.69) is 73.3 Å². The van der Waals surface area contributed by atoms with Gasteiger partial charge in [0.25, 0.3) is 5.56 Å². The second kappa shape index (κ2) is 7.88. The van der Waals surface area contributed by atoms with Crippen molar-refractivity contribution in [1.82, 2.24) is 24.0 Å². The average molecular weight is 457 g/mol. The van der Waals surface area contributed by atoms with Gasteiger partial charge in [-0.3, -0.25) is 14.3 Å². The van der Waals surface area contributed by atoms with Crippen LogP contribution in [0.4, 0.5) is 28.7 Å². The molecule has 9 heteroatoms. The van der Waals surface area contributed by atoms with E-state index in [0.29, 0.717) is 23.8 Å². The summed E-state index contributed by atoms with van der Waals surface area (Å²) in [5.41, 5.74) is 6.65. The van der Waals surface area contributed by atoms with Crippen molar-refractivity contribution >= 4 is 39.7 Å². The molecule has 2 N–H and O–H groups in total. The zero-order valence-corrected chi connectivity index (χ0v) is 19.7. The molecule has 174 valence electrons. The summed E-state index contributed by atoms with van der Waals surface area (Å²) in [5, 5.41) is 7.61. The number of anilines is 5. The number of aromatic nitrogens is 4. The molecule has 0 saturated carbocycles. The highest BCUT2D eigenvalue weighted by Crippen LogP contribution is 2.36. The topological polar surface area (TPSA) is 83.2 Å². The molecule has 2 aliphatic heterocycles. The van der Waals surface area contributed by atoms with Crippen LogP contribution in [-0.4, -0.2) is 50.7 Å². The van der Waals surface area contributed by atoms with Gasteiger partial charge in [0, 0.05) is 63.2 Å². The number of likely N-dealkylation sites (N-methyl/N-ethyl adjacent to an activating group) is 1. The van der Waals surface area contributed by atoms with E-state index in [1.54, 1.807) is 17.8 Å². The number of hydrogen-bond acceptors (Lipinski definition) is 7. The van der Waals surface area contributed by atoms with E-state index in [4.69, 9.17) is 0 Å². The van der Waals surface area contributed by atoms with Crippen LogP contribution < -0.4 is 21.1 Å². The van der Waals surface area contributed by atoms with Crippen molar-refractivity contribution in [2.75, 3.05) is 42.2 Å². The molecule has 5 heterocycles. The first-order valence-electron chi connectivity index (χ1n) is 11.6. The molecular weight excluding hydrogens is 428 g/mol. The zero-order chi connectivity index (χ0) is 23.4. The minimum atomic E-state index is -0.0751. The first-order chi connectivity index (χ1) is 16.5. The van der Waals surface area contributed by atoms with Gasteiger partial charge in [-0.15, -0.1) is 0 Å². The molecule has 3 aromatic heterocycles. The van der Waals surface area contributed by atoms with Gasteiger partial charge in [0.1, 0.15) is 11.3 Å². The van der Waals surface area contributed by atoms with E-state index in [9.17, 15) is 4.79 Å². The second-order valence-electron chi connectivity index (χ2n) is 9.19. The van der Waals surface area contributed by atoms with Gasteiger partial charge in [0.15, 0.2) is 0 Å². The van der Waals surface area contributed by atoms with Crippen molar-refractivity contribution in [3.63, 3.8) is 0 Å². The third-order valence-corrected chi connectivity index (χ3v) is 6.80. The van der Waals surface area contributed by atoms with E-state index in [1.165, 1.54) is 5.69 Å². The number of fused-ring (bicyclic) bond motifs is 3. The third kappa shape index (κ3) is 3.40. The molecule has 9 nitrogen and oxygen atoms in total. The molecule has 0 atom stereocenters. The Kier molecular flexibility index (Phi) is 4.80. The van der Waals surface area contributed by atoms with Gasteiger partial charge in [-0.2, -0.15) is 4.98 Å². The summed E-state index contributed by atoms with van der Waals surface area (Å²) in [6, 6.07) is 10.2. The Morgan fingerprint density at radius 3 is 2.85 bits per heavy atom. The molecule has 0 radical (unpaired) electrons. The van der Waals surface area contributed by atoms with Crippen molar-refractivity contribution in [3.05, 3.63) is 64.3 Å². The number of rotatable bonds is 3. The van der Waals surface area contributed by atoms with Gasteiger partial charge >= 0.3 is 0 Å². The lowest BCUT2D eigenvalue weighted by Gasteiger charge is -2.32. The van der Waals surface area contributed by atoms with E-state index < -0.39 is 0 Å². The maximum atomic E-state index is 13.4. The average Bonchev–Trinajstić information content (AvgIpc) is 3.23. The van der Waals surface area contributed by atoms with Crippen molar-refractivity contribution < 1.29 is 0 Å². The fraction of sp³-hybridized carbons (Fsp3) is 0.320. The number of aryl methyl sites for hydroxylation is 2. The first kappa shape index (κ1) is 20.7. The van der Waals surface area contributed by atoms with Crippen LogP contribution in [0.3, 0.4) is 0 Å². The first-order valence-corrected chi connectivity index (χ1v) is 11.6. The maximum absolute atomic E-state index is 13.4. The van der Waals surface area contributed by atoms with Crippen LogP contribution >= 0.6 is 0 Å². The van der Waals surface area contributed by atoms with E-state index in [-0.39, 0.29) is 5.56 Å². The predicted molar refractivity (Wildman–Crippen MR) is 136 cm³/mol. The minimum absolute atomic E-state index is 0.0751. The molecule has 0 saturated heterocycles. The Balaban J connectivity index is 1.36. The summed E-state index contributed by atoms with van der Waals surface area (Å²) in [6.45, 7) is 6.50. The molecule has 0 aliphatic carbocycles. The summed E-state index contributed by atoms with van der Waals surface area (Å²) in [4.78, 5) is 27.1. The minimum Gasteiger partial charge on any atom is -0.381 e. The molecule has 6 rings (SSSR count). The molecule has 0 amide bonds. The van der Waals surface area contributed by atoms with Gasteiger partial charge in [-0.25, -0.2) is 4.98 Å². The lowest BCUT2D eigenvalue weighted by atomic mass is 10.1. The zero-order valence-electron chi connectivity index (χ0n) is 19.7. The Bertz CT molecular complexity index is 1470. The fourth-order valence-electron chi connectivity index (χ4n) is 4.98. The number of nitrogens with one attached hydrogen (secondary N) is 2. The van der Waals surface area contributed by atoms with Crippen LogP contribution in [0.1, 0.15) is 11.3 Å². The largest absolute Gasteiger partial charge is 0.381 e. The number of benzene rings is 1. The lowest BCUT2D eigenvalue weighted by molar-refractivity contribution is 0.270. The summed E-state index contributed by atoms with van der Waals surface area (Å²) in [6.07, 6.45) is 3.89. The highest BCUT2D eigenvalue weighted by Gasteiger charge is 2.23. The van der Waals surface area contributed by atoms with Crippen LogP contribution in [0.2, 0.25) is 0 Å². The highest BCUT2D eigenvalue weighted by molar-refractivity contribution is 5.85. The SMILES string of the molecule is Cc1cccc2c1NCCN2c1cc2cnc(Nc3cc4n(c3)CCN(C)C4)nc2n(C)c1=O. The van der Waals surface area contributed by atoms with Gasteiger partial charge in [-0.05, 0) is 37.7 Å². The van der Waals surface area contributed by atoms with E-state index in [0.717, 1.165) is 54.2 Å². The molecule has 0 fully saturated rings. The van der Waals surface area contributed by atoms with Crippen molar-refractivity contribution in [2.45, 2.75) is 20.0 Å². The normalized spacial score (nSPS) is 15.7. The molecule has 2 aliphatic rings. The van der Waals surface area contributed by atoms with Gasteiger partial charge < -0.3 is 20.1 Å². The van der Waals surface area contributed by atoms with E-state index in [1.807, 2.05) is 12.1 Å². The summed E-state index contributed by atoms with van der Waals surface area (Å²) >= 11 is 0. The number of nitrogens with zero attached hydrogens (tertiary/aromatic N) is 6. The molecule has 4 aromatic rings.